The minimum absolute atomic E-state index is 0.00388. The molecule has 1 fully saturated rings. The Hall–Kier alpha value is -4.18. The Morgan fingerprint density at radius 2 is 1.71 bits per heavy atom. The van der Waals surface area contributed by atoms with Gasteiger partial charge in [-0.05, 0) is 55.0 Å². The van der Waals surface area contributed by atoms with Gasteiger partial charge in [0.2, 0.25) is 0 Å². The number of rotatable bonds is 8. The summed E-state index contributed by atoms with van der Waals surface area (Å²) >= 11 is 0. The molecule has 16 heteroatoms. The highest BCUT2D eigenvalue weighted by atomic mass is 32.2. The fourth-order valence-electron chi connectivity index (χ4n) is 5.46. The van der Waals surface area contributed by atoms with Crippen LogP contribution in [0.1, 0.15) is 29.5 Å². The molecule has 0 bridgehead atoms. The minimum Gasteiger partial charge on any atom is -0.496 e. The molecule has 0 spiro atoms. The fourth-order valence-corrected chi connectivity index (χ4v) is 7.01. The van der Waals surface area contributed by atoms with E-state index in [4.69, 9.17) is 14.6 Å². The van der Waals surface area contributed by atoms with Crippen LogP contribution in [-0.4, -0.2) is 57.4 Å². The first-order chi connectivity index (χ1) is 20.9. The van der Waals surface area contributed by atoms with E-state index in [2.05, 4.69) is 0 Å². The Morgan fingerprint density at radius 1 is 1.02 bits per heavy atom. The minimum atomic E-state index is -4.83. The molecule has 0 unspecified atom stereocenters. The van der Waals surface area contributed by atoms with Crippen LogP contribution in [0.2, 0.25) is 0 Å². The lowest BCUT2D eigenvalue weighted by molar-refractivity contribution is -0.141. The molecule has 3 aromatic carbocycles. The van der Waals surface area contributed by atoms with Gasteiger partial charge in [0.25, 0.3) is 10.0 Å². The third kappa shape index (κ3) is 6.20. The van der Waals surface area contributed by atoms with Gasteiger partial charge in [-0.2, -0.15) is 26.3 Å². The number of methoxy groups -OCH3 is 1. The van der Waals surface area contributed by atoms with Gasteiger partial charge in [-0.25, -0.2) is 8.42 Å². The van der Waals surface area contributed by atoms with Gasteiger partial charge in [0, 0.05) is 17.7 Å². The van der Waals surface area contributed by atoms with E-state index < -0.39 is 68.2 Å². The number of carboxylic acid groups (broad SMARTS) is 1. The molecule has 1 saturated heterocycles. The molecule has 2 aliphatic rings. The molecular formula is C29H26F6N2O7S. The van der Waals surface area contributed by atoms with E-state index in [1.807, 2.05) is 0 Å². The zero-order valence-electron chi connectivity index (χ0n) is 23.4. The number of sulfonamides is 1. The number of aliphatic hydroxyl groups is 1. The predicted octanol–water partition coefficient (Wildman–Crippen LogP) is 5.26. The number of fused-ring (bicyclic) bond motifs is 1. The summed E-state index contributed by atoms with van der Waals surface area (Å²) in [6, 6.07) is 10.6. The number of nitrogens with zero attached hydrogens (tertiary/aromatic N) is 2. The van der Waals surface area contributed by atoms with Gasteiger partial charge in [-0.3, -0.25) is 9.10 Å². The van der Waals surface area contributed by atoms with Crippen molar-refractivity contribution in [3.63, 3.8) is 0 Å². The van der Waals surface area contributed by atoms with Crippen molar-refractivity contribution in [3.05, 3.63) is 77.4 Å². The van der Waals surface area contributed by atoms with E-state index in [1.54, 1.807) is 0 Å². The Morgan fingerprint density at radius 3 is 2.33 bits per heavy atom. The molecule has 2 N–H and O–H groups in total. The molecule has 0 saturated carbocycles. The van der Waals surface area contributed by atoms with Crippen LogP contribution >= 0.6 is 0 Å². The first kappa shape index (κ1) is 32.2. The number of aliphatic carboxylic acids is 1. The molecular weight excluding hydrogens is 634 g/mol. The quantitative estimate of drug-likeness (QED) is 0.315. The van der Waals surface area contributed by atoms with Crippen molar-refractivity contribution in [1.82, 2.24) is 0 Å². The maximum atomic E-state index is 13.8. The molecule has 0 aromatic heterocycles. The van der Waals surface area contributed by atoms with E-state index >= 15 is 0 Å². The number of halogens is 6. The Labute approximate surface area is 253 Å². The number of β-amino-alcohol motifs (C(OH)–C–C–N with tert-alkyl or cyclic N) is 1. The number of hydrogen-bond acceptors (Lipinski definition) is 7. The maximum Gasteiger partial charge on any atom is 0.416 e. The van der Waals surface area contributed by atoms with E-state index in [9.17, 15) is 44.7 Å². The van der Waals surface area contributed by atoms with Crippen LogP contribution in [0.25, 0.3) is 0 Å². The number of benzene rings is 3. The first-order valence-electron chi connectivity index (χ1n) is 13.4. The van der Waals surface area contributed by atoms with Crippen molar-refractivity contribution >= 4 is 27.4 Å². The van der Waals surface area contributed by atoms with Crippen molar-refractivity contribution in [2.45, 2.75) is 41.8 Å². The third-order valence-electron chi connectivity index (χ3n) is 7.59. The first-order valence-corrected chi connectivity index (χ1v) is 14.8. The van der Waals surface area contributed by atoms with Crippen molar-refractivity contribution in [3.8, 4) is 11.5 Å². The van der Waals surface area contributed by atoms with Gasteiger partial charge in [0.15, 0.2) is 0 Å². The van der Waals surface area contributed by atoms with Crippen molar-refractivity contribution < 1.29 is 59.2 Å². The number of carboxylic acids is 1. The summed E-state index contributed by atoms with van der Waals surface area (Å²) in [6.07, 6.45) is -11.1. The number of carbonyl (C=O) groups is 1. The summed E-state index contributed by atoms with van der Waals surface area (Å²) < 4.78 is 121. The fraction of sp³-hybridized carbons (Fsp3) is 0.345. The summed E-state index contributed by atoms with van der Waals surface area (Å²) in [7, 11) is -3.49. The van der Waals surface area contributed by atoms with E-state index in [0.717, 1.165) is 34.6 Å². The summed E-state index contributed by atoms with van der Waals surface area (Å²) in [5.41, 5.74) is -4.52. The average Bonchev–Trinajstić information content (AvgIpc) is 2.96. The topological polar surface area (TPSA) is 117 Å². The summed E-state index contributed by atoms with van der Waals surface area (Å²) in [6.45, 7) is -1.10. The van der Waals surface area contributed by atoms with Gasteiger partial charge >= 0.3 is 18.3 Å². The molecule has 45 heavy (non-hydrogen) atoms. The van der Waals surface area contributed by atoms with Crippen LogP contribution in [0.3, 0.4) is 0 Å². The predicted molar refractivity (Wildman–Crippen MR) is 148 cm³/mol. The molecule has 9 nitrogen and oxygen atoms in total. The van der Waals surface area contributed by atoms with Crippen molar-refractivity contribution in [1.29, 1.82) is 0 Å². The SMILES string of the molecule is COc1cccc(C(F)(F)F)c1C1(O)CN(c2ccc3c(c2)N(S(=O)(=O)c2cccc(C(F)(F)F)c2)C[C@@H](CCC(=O)O)O3)C1. The summed E-state index contributed by atoms with van der Waals surface area (Å²) in [4.78, 5) is 12.0. The number of alkyl halides is 6. The molecule has 242 valence electrons. The van der Waals surface area contributed by atoms with Gasteiger partial charge in [0.05, 0.1) is 48.5 Å². The third-order valence-corrected chi connectivity index (χ3v) is 9.37. The highest BCUT2D eigenvalue weighted by Crippen LogP contribution is 2.48. The number of anilines is 2. The largest absolute Gasteiger partial charge is 0.496 e. The van der Waals surface area contributed by atoms with E-state index in [1.165, 1.54) is 36.3 Å². The summed E-state index contributed by atoms with van der Waals surface area (Å²) in [5, 5.41) is 20.4. The van der Waals surface area contributed by atoms with E-state index in [0.29, 0.717) is 6.07 Å². The second kappa shape index (κ2) is 11.3. The molecule has 0 aliphatic carbocycles. The lowest BCUT2D eigenvalue weighted by atomic mass is 9.82. The highest BCUT2D eigenvalue weighted by molar-refractivity contribution is 7.92. The zero-order valence-corrected chi connectivity index (χ0v) is 24.2. The second-order valence-electron chi connectivity index (χ2n) is 10.7. The zero-order chi connectivity index (χ0) is 32.9. The molecule has 3 aromatic rings. The Kier molecular flexibility index (Phi) is 8.10. The Balaban J connectivity index is 1.51. The standard InChI is InChI=1S/C29H26F6N2O7S/c1-43-24-7-3-6-21(29(33,34)35)26(24)27(40)15-36(16-27)18-8-10-23-22(13-18)37(14-19(44-23)9-11-25(38)39)45(41,42)20-5-2-4-17(12-20)28(30,31)32/h2-8,10,12-13,19,40H,9,11,14-16H2,1H3,(H,38,39)/t19-/m1/s1. The monoisotopic (exact) mass is 660 g/mol. The van der Waals surface area contributed by atoms with Crippen LogP contribution in [0, 0.1) is 0 Å². The van der Waals surface area contributed by atoms with Crippen molar-refractivity contribution in [2.24, 2.45) is 0 Å². The van der Waals surface area contributed by atoms with Gasteiger partial charge < -0.3 is 24.6 Å². The van der Waals surface area contributed by atoms with Crippen LogP contribution in [-0.2, 0) is 32.8 Å². The lowest BCUT2D eigenvalue weighted by Gasteiger charge is -2.49. The maximum absolute atomic E-state index is 13.8. The van der Waals surface area contributed by atoms with Gasteiger partial charge in [0.1, 0.15) is 23.2 Å². The van der Waals surface area contributed by atoms with Crippen molar-refractivity contribution in [2.75, 3.05) is 35.9 Å². The molecule has 0 radical (unpaired) electrons. The van der Waals surface area contributed by atoms with Crippen LogP contribution in [0.4, 0.5) is 37.7 Å². The highest BCUT2D eigenvalue weighted by Gasteiger charge is 2.50. The normalized spacial score (nSPS) is 18.1. The number of hydrogen-bond donors (Lipinski definition) is 2. The molecule has 2 heterocycles. The van der Waals surface area contributed by atoms with Crippen LogP contribution < -0.4 is 18.7 Å². The van der Waals surface area contributed by atoms with Gasteiger partial charge in [-0.1, -0.05) is 12.1 Å². The lowest BCUT2D eigenvalue weighted by Crippen LogP contribution is -2.60. The second-order valence-corrected chi connectivity index (χ2v) is 12.5. The summed E-state index contributed by atoms with van der Waals surface area (Å²) in [5.74, 6) is -1.34. The van der Waals surface area contributed by atoms with E-state index in [-0.39, 0.29) is 48.8 Å². The molecule has 2 aliphatic heterocycles. The Bertz CT molecular complexity index is 1720. The van der Waals surface area contributed by atoms with Gasteiger partial charge in [-0.15, -0.1) is 0 Å². The molecule has 1 atom stereocenters. The van der Waals surface area contributed by atoms with Crippen LogP contribution in [0.5, 0.6) is 11.5 Å². The molecule has 5 rings (SSSR count). The molecule has 0 amide bonds. The smallest absolute Gasteiger partial charge is 0.416 e. The number of ether oxygens (including phenoxy) is 2. The van der Waals surface area contributed by atoms with Crippen LogP contribution in [0.15, 0.2) is 65.6 Å². The average molecular weight is 661 g/mol.